The second-order valence-electron chi connectivity index (χ2n) is 4.47. The minimum absolute atomic E-state index is 0.104. The van der Waals surface area contributed by atoms with E-state index in [9.17, 15) is 5.11 Å². The van der Waals surface area contributed by atoms with Gasteiger partial charge in [0.05, 0.1) is 6.10 Å². The Morgan fingerprint density at radius 2 is 2.00 bits per heavy atom. The molecule has 2 atom stereocenters. The van der Waals surface area contributed by atoms with Gasteiger partial charge in [-0.25, -0.2) is 0 Å². The van der Waals surface area contributed by atoms with Gasteiger partial charge in [0.15, 0.2) is 0 Å². The van der Waals surface area contributed by atoms with E-state index in [0.29, 0.717) is 6.04 Å². The summed E-state index contributed by atoms with van der Waals surface area (Å²) in [6.07, 6.45) is 10.5. The lowest BCUT2D eigenvalue weighted by Crippen LogP contribution is -2.39. The van der Waals surface area contributed by atoms with Crippen LogP contribution in [0.5, 0.6) is 0 Å². The number of hydrogen-bond acceptors (Lipinski definition) is 3. The van der Waals surface area contributed by atoms with Crippen molar-refractivity contribution in [2.45, 2.75) is 57.1 Å². The van der Waals surface area contributed by atoms with E-state index in [1.807, 2.05) is 11.8 Å². The molecule has 0 aliphatic heterocycles. The molecule has 0 heterocycles. The molecular formula is C12H25NOS. The van der Waals surface area contributed by atoms with Gasteiger partial charge in [0, 0.05) is 6.04 Å². The van der Waals surface area contributed by atoms with Crippen molar-refractivity contribution in [3.05, 3.63) is 0 Å². The Hall–Kier alpha value is 0.270. The third kappa shape index (κ3) is 5.79. The van der Waals surface area contributed by atoms with Gasteiger partial charge >= 0.3 is 0 Å². The highest BCUT2D eigenvalue weighted by Gasteiger charge is 2.20. The Kier molecular flexibility index (Phi) is 7.49. The van der Waals surface area contributed by atoms with Crippen LogP contribution in [0, 0.1) is 0 Å². The molecule has 0 saturated heterocycles. The molecule has 1 fully saturated rings. The summed E-state index contributed by atoms with van der Waals surface area (Å²) in [6.45, 7) is 1.07. The Morgan fingerprint density at radius 1 is 1.20 bits per heavy atom. The molecule has 0 amide bonds. The molecule has 0 radical (unpaired) electrons. The first-order valence-electron chi connectivity index (χ1n) is 6.25. The van der Waals surface area contributed by atoms with Gasteiger partial charge in [-0.05, 0) is 44.2 Å². The first-order valence-corrected chi connectivity index (χ1v) is 7.64. The average molecular weight is 231 g/mol. The Labute approximate surface area is 98.2 Å². The molecule has 2 unspecified atom stereocenters. The van der Waals surface area contributed by atoms with E-state index in [4.69, 9.17) is 0 Å². The van der Waals surface area contributed by atoms with E-state index in [-0.39, 0.29) is 6.10 Å². The van der Waals surface area contributed by atoms with Gasteiger partial charge in [-0.15, -0.1) is 0 Å². The summed E-state index contributed by atoms with van der Waals surface area (Å²) in [7, 11) is 0. The molecule has 0 bridgehead atoms. The maximum Gasteiger partial charge on any atom is 0.0693 e. The largest absolute Gasteiger partial charge is 0.392 e. The van der Waals surface area contributed by atoms with Gasteiger partial charge in [-0.2, -0.15) is 11.8 Å². The number of aliphatic hydroxyl groups excluding tert-OH is 1. The standard InChI is InChI=1S/C12H25NOS/c1-15-10-6-5-9-13-11-7-3-2-4-8-12(11)14/h11-14H,2-10H2,1H3. The van der Waals surface area contributed by atoms with Crippen molar-refractivity contribution in [1.29, 1.82) is 0 Å². The monoisotopic (exact) mass is 231 g/mol. The summed E-state index contributed by atoms with van der Waals surface area (Å²) in [5.74, 6) is 1.26. The number of thioether (sulfide) groups is 1. The molecule has 1 aliphatic carbocycles. The molecule has 2 nitrogen and oxygen atoms in total. The summed E-state index contributed by atoms with van der Waals surface area (Å²) >= 11 is 1.91. The van der Waals surface area contributed by atoms with Crippen LogP contribution in [-0.4, -0.2) is 35.8 Å². The lowest BCUT2D eigenvalue weighted by atomic mass is 10.1. The zero-order valence-electron chi connectivity index (χ0n) is 9.87. The first kappa shape index (κ1) is 13.3. The van der Waals surface area contributed by atoms with Crippen LogP contribution in [0.15, 0.2) is 0 Å². The van der Waals surface area contributed by atoms with Crippen molar-refractivity contribution in [2.24, 2.45) is 0 Å². The highest BCUT2D eigenvalue weighted by Crippen LogP contribution is 2.17. The smallest absolute Gasteiger partial charge is 0.0693 e. The van der Waals surface area contributed by atoms with Crippen molar-refractivity contribution in [3.63, 3.8) is 0 Å². The molecule has 0 aromatic carbocycles. The van der Waals surface area contributed by atoms with Crippen molar-refractivity contribution in [2.75, 3.05) is 18.6 Å². The van der Waals surface area contributed by atoms with Crippen molar-refractivity contribution >= 4 is 11.8 Å². The summed E-state index contributed by atoms with van der Waals surface area (Å²) < 4.78 is 0. The predicted octanol–water partition coefficient (Wildman–Crippen LogP) is 2.41. The molecule has 2 N–H and O–H groups in total. The van der Waals surface area contributed by atoms with Crippen LogP contribution in [0.2, 0.25) is 0 Å². The molecular weight excluding hydrogens is 206 g/mol. The average Bonchev–Trinajstić information content (AvgIpc) is 2.44. The van der Waals surface area contributed by atoms with Gasteiger partial charge in [0.2, 0.25) is 0 Å². The number of rotatable bonds is 6. The molecule has 1 rings (SSSR count). The zero-order valence-corrected chi connectivity index (χ0v) is 10.7. The molecule has 0 aromatic heterocycles. The van der Waals surface area contributed by atoms with Gasteiger partial charge in [-0.1, -0.05) is 19.3 Å². The van der Waals surface area contributed by atoms with E-state index in [2.05, 4.69) is 11.6 Å². The second-order valence-corrected chi connectivity index (χ2v) is 5.45. The van der Waals surface area contributed by atoms with Crippen LogP contribution in [0.25, 0.3) is 0 Å². The molecule has 0 spiro atoms. The highest BCUT2D eigenvalue weighted by atomic mass is 32.2. The second kappa shape index (κ2) is 8.43. The quantitative estimate of drug-likeness (QED) is 0.544. The number of unbranched alkanes of at least 4 members (excludes halogenated alkanes) is 1. The highest BCUT2D eigenvalue weighted by molar-refractivity contribution is 7.98. The number of nitrogens with one attached hydrogen (secondary N) is 1. The fraction of sp³-hybridized carbons (Fsp3) is 1.00. The van der Waals surface area contributed by atoms with Gasteiger partial charge < -0.3 is 10.4 Å². The van der Waals surface area contributed by atoms with Crippen LogP contribution >= 0.6 is 11.8 Å². The predicted molar refractivity (Wildman–Crippen MR) is 68.5 cm³/mol. The van der Waals surface area contributed by atoms with Crippen LogP contribution < -0.4 is 5.32 Å². The van der Waals surface area contributed by atoms with E-state index >= 15 is 0 Å². The Bertz CT molecular complexity index is 155. The Morgan fingerprint density at radius 3 is 2.80 bits per heavy atom. The topological polar surface area (TPSA) is 32.3 Å². The normalized spacial score (nSPS) is 27.6. The van der Waals surface area contributed by atoms with Crippen molar-refractivity contribution in [1.82, 2.24) is 5.32 Å². The molecule has 90 valence electrons. The lowest BCUT2D eigenvalue weighted by Gasteiger charge is -2.21. The minimum Gasteiger partial charge on any atom is -0.392 e. The van der Waals surface area contributed by atoms with Crippen LogP contribution in [-0.2, 0) is 0 Å². The fourth-order valence-corrected chi connectivity index (χ4v) is 2.68. The first-order chi connectivity index (χ1) is 7.34. The maximum absolute atomic E-state index is 9.89. The summed E-state index contributed by atoms with van der Waals surface area (Å²) in [5, 5.41) is 13.4. The van der Waals surface area contributed by atoms with Crippen molar-refractivity contribution in [3.8, 4) is 0 Å². The Balaban J connectivity index is 2.07. The zero-order chi connectivity index (χ0) is 10.9. The fourth-order valence-electron chi connectivity index (χ4n) is 2.19. The van der Waals surface area contributed by atoms with Gasteiger partial charge in [-0.3, -0.25) is 0 Å². The van der Waals surface area contributed by atoms with E-state index in [1.54, 1.807) is 0 Å². The molecule has 15 heavy (non-hydrogen) atoms. The van der Waals surface area contributed by atoms with Gasteiger partial charge in [0.25, 0.3) is 0 Å². The maximum atomic E-state index is 9.89. The van der Waals surface area contributed by atoms with Crippen LogP contribution in [0.4, 0.5) is 0 Å². The number of hydrogen-bond donors (Lipinski definition) is 2. The summed E-state index contributed by atoms with van der Waals surface area (Å²) in [6, 6.07) is 0.363. The third-order valence-electron chi connectivity index (χ3n) is 3.16. The van der Waals surface area contributed by atoms with E-state index in [0.717, 1.165) is 19.4 Å². The molecule has 1 aliphatic rings. The van der Waals surface area contributed by atoms with Crippen molar-refractivity contribution < 1.29 is 5.11 Å². The minimum atomic E-state index is -0.104. The van der Waals surface area contributed by atoms with Crippen LogP contribution in [0.3, 0.4) is 0 Å². The van der Waals surface area contributed by atoms with Crippen LogP contribution in [0.1, 0.15) is 44.9 Å². The van der Waals surface area contributed by atoms with E-state index in [1.165, 1.54) is 37.9 Å². The van der Waals surface area contributed by atoms with E-state index < -0.39 is 0 Å². The molecule has 3 heteroatoms. The molecule has 1 saturated carbocycles. The summed E-state index contributed by atoms with van der Waals surface area (Å²) in [4.78, 5) is 0. The van der Waals surface area contributed by atoms with Gasteiger partial charge in [0.1, 0.15) is 0 Å². The third-order valence-corrected chi connectivity index (χ3v) is 3.86. The molecule has 0 aromatic rings. The summed E-state index contributed by atoms with van der Waals surface area (Å²) in [5.41, 5.74) is 0. The lowest BCUT2D eigenvalue weighted by molar-refractivity contribution is 0.120. The number of aliphatic hydroxyl groups is 1. The SMILES string of the molecule is CSCCCCNC1CCCCCC1O.